The van der Waals surface area contributed by atoms with Gasteiger partial charge in [0.1, 0.15) is 0 Å². The molecule has 2 heteroatoms. The van der Waals surface area contributed by atoms with E-state index in [0.29, 0.717) is 6.04 Å². The molecule has 126 valence electrons. The Balaban J connectivity index is 1.58. The van der Waals surface area contributed by atoms with Gasteiger partial charge in [-0.05, 0) is 35.3 Å². The number of allylic oxidation sites excluding steroid dienone is 3. The van der Waals surface area contributed by atoms with Gasteiger partial charge in [0.15, 0.2) is 0 Å². The van der Waals surface area contributed by atoms with Gasteiger partial charge >= 0.3 is 0 Å². The lowest BCUT2D eigenvalue weighted by Crippen LogP contribution is -2.51. The molecule has 1 saturated heterocycles. The van der Waals surface area contributed by atoms with E-state index in [4.69, 9.17) is 0 Å². The molecule has 1 atom stereocenters. The van der Waals surface area contributed by atoms with E-state index in [1.807, 2.05) is 0 Å². The van der Waals surface area contributed by atoms with Gasteiger partial charge in [-0.15, -0.1) is 0 Å². The molecule has 4 rings (SSSR count). The van der Waals surface area contributed by atoms with E-state index < -0.39 is 0 Å². The average Bonchev–Trinajstić information content (AvgIpc) is 2.64. The van der Waals surface area contributed by atoms with Gasteiger partial charge in [0, 0.05) is 37.6 Å². The van der Waals surface area contributed by atoms with Gasteiger partial charge in [0.2, 0.25) is 0 Å². The second-order valence-electron chi connectivity index (χ2n) is 6.91. The number of piperazine rings is 1. The van der Waals surface area contributed by atoms with Gasteiger partial charge in [-0.3, -0.25) is 4.90 Å². The summed E-state index contributed by atoms with van der Waals surface area (Å²) in [7, 11) is 0. The lowest BCUT2D eigenvalue weighted by molar-refractivity contribution is 0.125. The molecule has 0 radical (unpaired) electrons. The highest BCUT2D eigenvalue weighted by Crippen LogP contribution is 2.26. The SMILES string of the molecule is C=C1C=CN2CC(Cc3ccccc3)N(Cc3ccccc3)CC2=C1. The molecule has 2 nitrogen and oxygen atoms in total. The fourth-order valence-corrected chi connectivity index (χ4v) is 3.70. The first-order chi connectivity index (χ1) is 12.3. The van der Waals surface area contributed by atoms with Crippen LogP contribution in [0.25, 0.3) is 0 Å². The van der Waals surface area contributed by atoms with Gasteiger partial charge in [0.25, 0.3) is 0 Å². The molecule has 0 N–H and O–H groups in total. The highest BCUT2D eigenvalue weighted by Gasteiger charge is 2.29. The number of hydrogen-bond donors (Lipinski definition) is 0. The number of rotatable bonds is 4. The third kappa shape index (κ3) is 3.75. The van der Waals surface area contributed by atoms with E-state index in [0.717, 1.165) is 31.6 Å². The molecule has 1 unspecified atom stereocenters. The minimum absolute atomic E-state index is 0.496. The average molecular weight is 328 g/mol. The minimum atomic E-state index is 0.496. The minimum Gasteiger partial charge on any atom is -0.349 e. The largest absolute Gasteiger partial charge is 0.349 e. The summed E-state index contributed by atoms with van der Waals surface area (Å²) >= 11 is 0. The molecular formula is C23H24N2. The number of fused-ring (bicyclic) bond motifs is 1. The zero-order valence-electron chi connectivity index (χ0n) is 14.5. The van der Waals surface area contributed by atoms with Gasteiger partial charge in [0.05, 0.1) is 0 Å². The Labute approximate surface area is 150 Å². The maximum absolute atomic E-state index is 4.09. The standard InChI is InChI=1S/C23H24N2/c1-19-12-13-24-17-23(15-20-8-4-2-5-9-20)25(18-22(24)14-19)16-21-10-6-3-7-11-21/h2-14,23H,1,15-18H2. The van der Waals surface area contributed by atoms with Gasteiger partial charge in [-0.25, -0.2) is 0 Å². The normalized spacial score (nSPS) is 20.3. The summed E-state index contributed by atoms with van der Waals surface area (Å²) in [6.07, 6.45) is 7.59. The molecule has 2 heterocycles. The van der Waals surface area contributed by atoms with E-state index >= 15 is 0 Å². The highest BCUT2D eigenvalue weighted by molar-refractivity contribution is 5.36. The van der Waals surface area contributed by atoms with E-state index in [2.05, 4.69) is 95.4 Å². The molecule has 0 aromatic heterocycles. The Kier molecular flexibility index (Phi) is 4.53. The fraction of sp³-hybridized carbons (Fsp3) is 0.217. The monoisotopic (exact) mass is 328 g/mol. The van der Waals surface area contributed by atoms with Crippen molar-refractivity contribution in [2.75, 3.05) is 13.1 Å². The van der Waals surface area contributed by atoms with E-state index in [1.165, 1.54) is 16.8 Å². The first-order valence-corrected chi connectivity index (χ1v) is 8.94. The summed E-state index contributed by atoms with van der Waals surface area (Å²) in [6.45, 7) is 7.07. The lowest BCUT2D eigenvalue weighted by Gasteiger charge is -2.44. The van der Waals surface area contributed by atoms with Crippen molar-refractivity contribution in [3.05, 3.63) is 108 Å². The predicted octanol–water partition coefficient (Wildman–Crippen LogP) is 4.38. The van der Waals surface area contributed by atoms with Crippen molar-refractivity contribution in [2.24, 2.45) is 0 Å². The van der Waals surface area contributed by atoms with Crippen molar-refractivity contribution in [3.8, 4) is 0 Å². The summed E-state index contributed by atoms with van der Waals surface area (Å²) in [5.74, 6) is 0. The maximum Gasteiger partial charge on any atom is 0.0394 e. The van der Waals surface area contributed by atoms with Crippen LogP contribution in [0.4, 0.5) is 0 Å². The summed E-state index contributed by atoms with van der Waals surface area (Å²) in [6, 6.07) is 22.1. The van der Waals surface area contributed by atoms with Crippen molar-refractivity contribution in [3.63, 3.8) is 0 Å². The van der Waals surface area contributed by atoms with Crippen LogP contribution in [-0.2, 0) is 13.0 Å². The van der Waals surface area contributed by atoms with Crippen LogP contribution in [0.3, 0.4) is 0 Å². The topological polar surface area (TPSA) is 6.48 Å². The molecule has 2 aliphatic rings. The number of nitrogens with zero attached hydrogens (tertiary/aromatic N) is 2. The van der Waals surface area contributed by atoms with Crippen molar-refractivity contribution in [1.29, 1.82) is 0 Å². The number of benzene rings is 2. The molecular weight excluding hydrogens is 304 g/mol. The van der Waals surface area contributed by atoms with Gasteiger partial charge in [-0.2, -0.15) is 0 Å². The zero-order valence-corrected chi connectivity index (χ0v) is 14.5. The van der Waals surface area contributed by atoms with E-state index in [9.17, 15) is 0 Å². The third-order valence-electron chi connectivity index (χ3n) is 5.02. The van der Waals surface area contributed by atoms with E-state index in [1.54, 1.807) is 0 Å². The van der Waals surface area contributed by atoms with Crippen LogP contribution in [0, 0.1) is 0 Å². The molecule has 25 heavy (non-hydrogen) atoms. The van der Waals surface area contributed by atoms with Crippen LogP contribution in [0.15, 0.2) is 96.9 Å². The molecule has 1 fully saturated rings. The van der Waals surface area contributed by atoms with Crippen LogP contribution in [0.5, 0.6) is 0 Å². The maximum atomic E-state index is 4.09. The van der Waals surface area contributed by atoms with Crippen molar-refractivity contribution >= 4 is 0 Å². The molecule has 0 aliphatic carbocycles. The van der Waals surface area contributed by atoms with Crippen LogP contribution in [0.1, 0.15) is 11.1 Å². The quantitative estimate of drug-likeness (QED) is 0.821. The Bertz CT molecular complexity index is 789. The van der Waals surface area contributed by atoms with E-state index in [-0.39, 0.29) is 0 Å². The number of hydrogen-bond acceptors (Lipinski definition) is 2. The predicted molar refractivity (Wildman–Crippen MR) is 104 cm³/mol. The molecule has 2 aromatic rings. The molecule has 0 bridgehead atoms. The van der Waals surface area contributed by atoms with Crippen LogP contribution in [-0.4, -0.2) is 28.9 Å². The Morgan fingerprint density at radius 2 is 1.60 bits per heavy atom. The van der Waals surface area contributed by atoms with Crippen LogP contribution >= 0.6 is 0 Å². The fourth-order valence-electron chi connectivity index (χ4n) is 3.70. The molecule has 2 aromatic carbocycles. The van der Waals surface area contributed by atoms with Gasteiger partial charge < -0.3 is 4.90 Å². The smallest absolute Gasteiger partial charge is 0.0394 e. The Morgan fingerprint density at radius 3 is 2.32 bits per heavy atom. The van der Waals surface area contributed by atoms with Crippen molar-refractivity contribution < 1.29 is 0 Å². The van der Waals surface area contributed by atoms with Crippen molar-refractivity contribution in [1.82, 2.24) is 9.80 Å². The zero-order chi connectivity index (χ0) is 17.1. The molecule has 0 spiro atoms. The third-order valence-corrected chi connectivity index (χ3v) is 5.02. The second-order valence-corrected chi connectivity index (χ2v) is 6.91. The Hall–Kier alpha value is -2.58. The van der Waals surface area contributed by atoms with Crippen LogP contribution < -0.4 is 0 Å². The van der Waals surface area contributed by atoms with Crippen molar-refractivity contribution in [2.45, 2.75) is 19.0 Å². The molecule has 2 aliphatic heterocycles. The lowest BCUT2D eigenvalue weighted by atomic mass is 9.98. The van der Waals surface area contributed by atoms with Gasteiger partial charge in [-0.1, -0.05) is 67.2 Å². The highest BCUT2D eigenvalue weighted by atomic mass is 15.3. The first-order valence-electron chi connectivity index (χ1n) is 8.94. The first kappa shape index (κ1) is 15.9. The molecule has 0 saturated carbocycles. The Morgan fingerprint density at radius 1 is 0.920 bits per heavy atom. The van der Waals surface area contributed by atoms with Crippen LogP contribution in [0.2, 0.25) is 0 Å². The summed E-state index contributed by atoms with van der Waals surface area (Å²) in [5.41, 5.74) is 5.23. The molecule has 0 amide bonds. The summed E-state index contributed by atoms with van der Waals surface area (Å²) in [5, 5.41) is 0. The summed E-state index contributed by atoms with van der Waals surface area (Å²) < 4.78 is 0. The summed E-state index contributed by atoms with van der Waals surface area (Å²) in [4.78, 5) is 5.00. The second kappa shape index (κ2) is 7.12.